The van der Waals surface area contributed by atoms with E-state index in [9.17, 15) is 20.2 Å². The van der Waals surface area contributed by atoms with Crippen LogP contribution < -0.4 is 0 Å². The van der Waals surface area contributed by atoms with Gasteiger partial charge in [0.05, 0.1) is 0 Å². The molecule has 10 heavy (non-hydrogen) atoms. The van der Waals surface area contributed by atoms with Gasteiger partial charge in [-0.2, -0.15) is 5.26 Å². The van der Waals surface area contributed by atoms with Gasteiger partial charge in [-0.05, 0) is 0 Å². The standard InChI is InChI=1S/C2HN3O4.Na/c3-1-2(4(6)7)5(8)9;/h2H;. The van der Waals surface area contributed by atoms with Crippen LogP contribution in [0.5, 0.6) is 0 Å². The molecule has 0 bridgehead atoms. The van der Waals surface area contributed by atoms with E-state index < -0.39 is 16.0 Å². The summed E-state index contributed by atoms with van der Waals surface area (Å²) >= 11 is 0. The molecule has 0 saturated heterocycles. The van der Waals surface area contributed by atoms with Crippen molar-refractivity contribution in [3.63, 3.8) is 0 Å². The van der Waals surface area contributed by atoms with Crippen LogP contribution in [0.4, 0.5) is 0 Å². The van der Waals surface area contributed by atoms with Crippen molar-refractivity contribution in [2.45, 2.75) is 6.17 Å². The zero-order valence-electron chi connectivity index (χ0n) is 5.05. The van der Waals surface area contributed by atoms with E-state index in [0.717, 1.165) is 6.07 Å². The molecule has 0 atom stereocenters. The van der Waals surface area contributed by atoms with Crippen LogP contribution in [0.25, 0.3) is 0 Å². The third-order valence-electron chi connectivity index (χ3n) is 0.515. The molecule has 0 spiro atoms. The molecular formula is C2HN3NaO4. The molecular weight excluding hydrogens is 153 g/mol. The van der Waals surface area contributed by atoms with Crippen molar-refractivity contribution in [3.8, 4) is 6.07 Å². The Bertz CT molecular complexity index is 171. The molecule has 0 amide bonds. The summed E-state index contributed by atoms with van der Waals surface area (Å²) in [5.41, 5.74) is 0. The van der Waals surface area contributed by atoms with Crippen LogP contribution in [0.2, 0.25) is 0 Å². The molecule has 0 N–H and O–H groups in total. The number of hydrogen-bond donors (Lipinski definition) is 0. The van der Waals surface area contributed by atoms with Gasteiger partial charge in [-0.3, -0.25) is 20.2 Å². The summed E-state index contributed by atoms with van der Waals surface area (Å²) < 4.78 is 0. The van der Waals surface area contributed by atoms with E-state index in [2.05, 4.69) is 0 Å². The minimum atomic E-state index is -2.33. The number of nitriles is 1. The van der Waals surface area contributed by atoms with Gasteiger partial charge < -0.3 is 0 Å². The Morgan fingerprint density at radius 3 is 1.60 bits per heavy atom. The summed E-state index contributed by atoms with van der Waals surface area (Å²) in [7, 11) is 0. The largest absolute Gasteiger partial charge is 0.535 e. The maximum Gasteiger partial charge on any atom is 0.535 e. The molecule has 0 aromatic rings. The van der Waals surface area contributed by atoms with Crippen molar-refractivity contribution >= 4 is 29.6 Å². The third kappa shape index (κ3) is 3.34. The molecule has 7 nitrogen and oxygen atoms in total. The predicted molar refractivity (Wildman–Crippen MR) is 29.1 cm³/mol. The van der Waals surface area contributed by atoms with Crippen LogP contribution in [0.1, 0.15) is 0 Å². The van der Waals surface area contributed by atoms with Crippen LogP contribution in [0.15, 0.2) is 0 Å². The zero-order chi connectivity index (χ0) is 7.44. The van der Waals surface area contributed by atoms with E-state index in [4.69, 9.17) is 5.26 Å². The van der Waals surface area contributed by atoms with Gasteiger partial charge in [0.25, 0.3) is 0 Å². The Morgan fingerprint density at radius 2 is 1.60 bits per heavy atom. The van der Waals surface area contributed by atoms with Crippen LogP contribution in [0.3, 0.4) is 0 Å². The molecule has 1 radical (unpaired) electrons. The van der Waals surface area contributed by atoms with Gasteiger partial charge in [0, 0.05) is 29.6 Å². The summed E-state index contributed by atoms with van der Waals surface area (Å²) in [6, 6.07) is 0.903. The molecule has 0 fully saturated rings. The van der Waals surface area contributed by atoms with Crippen LogP contribution in [-0.4, -0.2) is 45.6 Å². The van der Waals surface area contributed by atoms with Crippen molar-refractivity contribution in [2.24, 2.45) is 0 Å². The molecule has 8 heteroatoms. The van der Waals surface area contributed by atoms with Crippen molar-refractivity contribution in [3.05, 3.63) is 20.2 Å². The fourth-order valence-corrected chi connectivity index (χ4v) is 0.171. The number of rotatable bonds is 2. The Morgan fingerprint density at radius 1 is 1.30 bits per heavy atom. The smallest absolute Gasteiger partial charge is 0.258 e. The molecule has 0 rings (SSSR count). The van der Waals surface area contributed by atoms with Crippen LogP contribution >= 0.6 is 0 Å². The maximum absolute atomic E-state index is 9.51. The topological polar surface area (TPSA) is 110 Å². The predicted octanol–water partition coefficient (Wildman–Crippen LogP) is -0.991. The number of hydrogen-bond acceptors (Lipinski definition) is 5. The van der Waals surface area contributed by atoms with E-state index in [0.29, 0.717) is 0 Å². The normalized spacial score (nSPS) is 7.60. The molecule has 0 aliphatic carbocycles. The summed E-state index contributed by atoms with van der Waals surface area (Å²) in [6.45, 7) is 0. The Labute approximate surface area is 77.2 Å². The minimum absolute atomic E-state index is 0. The average molecular weight is 154 g/mol. The van der Waals surface area contributed by atoms with Gasteiger partial charge in [-0.15, -0.1) is 0 Å². The van der Waals surface area contributed by atoms with Crippen LogP contribution in [0, 0.1) is 31.6 Å². The molecule has 0 aliphatic rings. The number of nitro groups is 2. The fraction of sp³-hybridized carbons (Fsp3) is 0.500. The second kappa shape index (κ2) is 5.10. The zero-order valence-corrected chi connectivity index (χ0v) is 7.05. The fourth-order valence-electron chi connectivity index (χ4n) is 0.171. The quantitative estimate of drug-likeness (QED) is 0.219. The molecule has 0 aromatic carbocycles. The van der Waals surface area contributed by atoms with Crippen molar-refractivity contribution in [1.82, 2.24) is 0 Å². The van der Waals surface area contributed by atoms with E-state index in [1.807, 2.05) is 0 Å². The maximum atomic E-state index is 9.51. The Balaban J connectivity index is 0. The molecule has 0 unspecified atom stereocenters. The first kappa shape index (κ1) is 12.0. The Kier molecular flexibility index (Phi) is 6.13. The van der Waals surface area contributed by atoms with E-state index >= 15 is 0 Å². The van der Waals surface area contributed by atoms with Gasteiger partial charge in [-0.25, -0.2) is 0 Å². The SMILES string of the molecule is N#CC([N+](=O)[O-])[N+](=O)[O-].[Na]. The molecule has 0 heterocycles. The van der Waals surface area contributed by atoms with Crippen molar-refractivity contribution < 1.29 is 9.85 Å². The van der Waals surface area contributed by atoms with Crippen molar-refractivity contribution in [1.29, 1.82) is 5.26 Å². The van der Waals surface area contributed by atoms with E-state index in [1.54, 1.807) is 0 Å². The summed E-state index contributed by atoms with van der Waals surface area (Å²) in [6.07, 6.45) is -2.33. The molecule has 0 aliphatic heterocycles. The van der Waals surface area contributed by atoms with Gasteiger partial charge in [0.2, 0.25) is 6.07 Å². The van der Waals surface area contributed by atoms with Gasteiger partial charge in [0.1, 0.15) is 9.85 Å². The first-order valence-corrected chi connectivity index (χ1v) is 1.76. The van der Waals surface area contributed by atoms with E-state index in [-0.39, 0.29) is 29.6 Å². The molecule has 0 saturated carbocycles. The Hall–Kier alpha value is -0.710. The first-order valence-electron chi connectivity index (χ1n) is 1.76. The average Bonchev–Trinajstić information content (AvgIpc) is 1.64. The second-order valence-corrected chi connectivity index (χ2v) is 1.07. The van der Waals surface area contributed by atoms with Gasteiger partial charge in [-0.1, -0.05) is 0 Å². The molecule has 49 valence electrons. The monoisotopic (exact) mass is 154 g/mol. The van der Waals surface area contributed by atoms with Crippen molar-refractivity contribution in [2.75, 3.05) is 0 Å². The number of nitrogens with zero attached hydrogens (tertiary/aromatic N) is 3. The third-order valence-corrected chi connectivity index (χ3v) is 0.515. The summed E-state index contributed by atoms with van der Waals surface area (Å²) in [5, 5.41) is 26.8. The summed E-state index contributed by atoms with van der Waals surface area (Å²) in [4.78, 5) is 16.5. The first-order chi connectivity index (χ1) is 4.09. The second-order valence-electron chi connectivity index (χ2n) is 1.07. The minimum Gasteiger partial charge on any atom is -0.258 e. The molecule has 0 aromatic heterocycles. The summed E-state index contributed by atoms with van der Waals surface area (Å²) in [5.74, 6) is 0. The van der Waals surface area contributed by atoms with E-state index in [1.165, 1.54) is 0 Å². The van der Waals surface area contributed by atoms with Gasteiger partial charge in [0.15, 0.2) is 0 Å². The van der Waals surface area contributed by atoms with Gasteiger partial charge >= 0.3 is 6.17 Å². The van der Waals surface area contributed by atoms with Crippen LogP contribution in [-0.2, 0) is 0 Å².